The molecule has 0 atom stereocenters. The Hall–Kier alpha value is -1.85. The summed E-state index contributed by atoms with van der Waals surface area (Å²) in [5.41, 5.74) is 2.41. The molecule has 0 N–H and O–H groups in total. The molecule has 0 bridgehead atoms. The van der Waals surface area contributed by atoms with E-state index in [-0.39, 0.29) is 10.6 Å². The Morgan fingerprint density at radius 3 is 2.48 bits per heavy atom. The molecule has 0 aliphatic carbocycles. The molecule has 0 saturated carbocycles. The van der Waals surface area contributed by atoms with Gasteiger partial charge in [-0.3, -0.25) is 10.1 Å². The molecule has 5 heteroatoms. The number of nitrogens with zero attached hydrogens (tertiary/aromatic N) is 2. The van der Waals surface area contributed by atoms with E-state index in [2.05, 4.69) is 4.90 Å². The Bertz CT molecular complexity index is 645. The topological polar surface area (TPSA) is 46.4 Å². The second kappa shape index (κ2) is 8.70. The van der Waals surface area contributed by atoms with E-state index < -0.39 is 0 Å². The Labute approximate surface area is 141 Å². The molecular formula is C18H22N2O2S. The maximum atomic E-state index is 11.4. The maximum absolute atomic E-state index is 11.4. The van der Waals surface area contributed by atoms with Crippen molar-refractivity contribution in [3.63, 3.8) is 0 Å². The number of hydrogen-bond donors (Lipinski definition) is 0. The lowest BCUT2D eigenvalue weighted by Crippen LogP contribution is -2.13. The lowest BCUT2D eigenvalue weighted by atomic mass is 10.1. The molecule has 2 aromatic rings. The van der Waals surface area contributed by atoms with Crippen LogP contribution >= 0.6 is 11.8 Å². The van der Waals surface area contributed by atoms with E-state index in [0.29, 0.717) is 0 Å². The summed E-state index contributed by atoms with van der Waals surface area (Å²) in [7, 11) is 4.07. The average Bonchev–Trinajstić information content (AvgIpc) is 2.54. The minimum absolute atomic E-state index is 0.216. The second-order valence-corrected chi connectivity index (χ2v) is 6.76. The van der Waals surface area contributed by atoms with Crippen LogP contribution < -0.4 is 0 Å². The van der Waals surface area contributed by atoms with Gasteiger partial charge < -0.3 is 4.90 Å². The van der Waals surface area contributed by atoms with Crippen molar-refractivity contribution >= 4 is 17.4 Å². The van der Waals surface area contributed by atoms with E-state index in [9.17, 15) is 10.1 Å². The summed E-state index contributed by atoms with van der Waals surface area (Å²) in [5.74, 6) is 0.738. The van der Waals surface area contributed by atoms with Crippen LogP contribution in [-0.4, -0.2) is 30.5 Å². The molecule has 23 heavy (non-hydrogen) atoms. The van der Waals surface area contributed by atoms with Crippen LogP contribution in [-0.2, 0) is 12.2 Å². The molecule has 2 rings (SSSR count). The highest BCUT2D eigenvalue weighted by atomic mass is 32.2. The molecule has 0 aliphatic heterocycles. The highest BCUT2D eigenvalue weighted by Crippen LogP contribution is 2.32. The van der Waals surface area contributed by atoms with Crippen LogP contribution in [0, 0.1) is 10.1 Å². The van der Waals surface area contributed by atoms with Crippen molar-refractivity contribution in [2.24, 2.45) is 0 Å². The van der Waals surface area contributed by atoms with E-state index in [0.717, 1.165) is 35.6 Å². The molecule has 0 fully saturated rings. The van der Waals surface area contributed by atoms with Gasteiger partial charge in [0, 0.05) is 11.8 Å². The third-order valence-electron chi connectivity index (χ3n) is 3.53. The number of nitro benzene ring substituents is 1. The van der Waals surface area contributed by atoms with Gasteiger partial charge in [-0.05, 0) is 50.7 Å². The van der Waals surface area contributed by atoms with E-state index in [1.807, 2.05) is 56.6 Å². The van der Waals surface area contributed by atoms with Crippen molar-refractivity contribution in [3.05, 3.63) is 69.8 Å². The smallest absolute Gasteiger partial charge is 0.283 e. The lowest BCUT2D eigenvalue weighted by Gasteiger charge is -2.09. The summed E-state index contributed by atoms with van der Waals surface area (Å²) in [5, 5.41) is 11.4. The number of aryl methyl sites for hydroxylation is 1. The monoisotopic (exact) mass is 330 g/mol. The first-order valence-electron chi connectivity index (χ1n) is 7.65. The highest BCUT2D eigenvalue weighted by Gasteiger charge is 2.15. The van der Waals surface area contributed by atoms with Crippen LogP contribution in [0.3, 0.4) is 0 Å². The van der Waals surface area contributed by atoms with Crippen LogP contribution in [0.25, 0.3) is 0 Å². The molecule has 0 unspecified atom stereocenters. The van der Waals surface area contributed by atoms with Gasteiger partial charge in [0.2, 0.25) is 0 Å². The minimum Gasteiger partial charge on any atom is -0.309 e. The zero-order valence-corrected chi connectivity index (χ0v) is 14.4. The van der Waals surface area contributed by atoms with Gasteiger partial charge in [-0.2, -0.15) is 0 Å². The zero-order valence-electron chi connectivity index (χ0n) is 13.6. The molecule has 0 saturated heterocycles. The van der Waals surface area contributed by atoms with E-state index in [4.69, 9.17) is 0 Å². The molecule has 122 valence electrons. The van der Waals surface area contributed by atoms with Crippen molar-refractivity contribution in [1.29, 1.82) is 0 Å². The van der Waals surface area contributed by atoms with Crippen molar-refractivity contribution in [3.8, 4) is 0 Å². The Balaban J connectivity index is 2.05. The highest BCUT2D eigenvalue weighted by molar-refractivity contribution is 7.98. The average molecular weight is 330 g/mol. The second-order valence-electron chi connectivity index (χ2n) is 5.74. The van der Waals surface area contributed by atoms with Crippen molar-refractivity contribution < 1.29 is 4.92 Å². The van der Waals surface area contributed by atoms with Gasteiger partial charge in [0.15, 0.2) is 0 Å². The van der Waals surface area contributed by atoms with Crippen molar-refractivity contribution in [2.75, 3.05) is 20.6 Å². The standard InChI is InChI=1S/C18H22N2O2S/c1-19(2)12-6-9-15-10-11-18(17(13-15)20(21)22)23-14-16-7-4-3-5-8-16/h3-5,7-8,10-11,13H,6,9,12,14H2,1-2H3. The molecule has 0 heterocycles. The molecule has 4 nitrogen and oxygen atoms in total. The van der Waals surface area contributed by atoms with E-state index in [1.54, 1.807) is 6.07 Å². The van der Waals surface area contributed by atoms with Crippen LogP contribution in [0.1, 0.15) is 17.5 Å². The number of nitro groups is 1. The first-order valence-corrected chi connectivity index (χ1v) is 8.63. The third kappa shape index (κ3) is 5.69. The van der Waals surface area contributed by atoms with Crippen LogP contribution in [0.5, 0.6) is 0 Å². The number of benzene rings is 2. The van der Waals surface area contributed by atoms with Gasteiger partial charge in [-0.1, -0.05) is 36.4 Å². The Morgan fingerprint density at radius 1 is 1.09 bits per heavy atom. The van der Waals surface area contributed by atoms with Crippen molar-refractivity contribution in [1.82, 2.24) is 4.90 Å². The van der Waals surface area contributed by atoms with Crippen LogP contribution in [0.4, 0.5) is 5.69 Å². The first kappa shape index (κ1) is 17.5. The molecule has 0 radical (unpaired) electrons. The fourth-order valence-corrected chi connectivity index (χ4v) is 3.28. The summed E-state index contributed by atoms with van der Waals surface area (Å²) in [6.45, 7) is 0.984. The molecular weight excluding hydrogens is 308 g/mol. The molecule has 0 amide bonds. The summed E-state index contributed by atoms with van der Waals surface area (Å²) in [6.07, 6.45) is 1.86. The van der Waals surface area contributed by atoms with Gasteiger partial charge in [0.05, 0.1) is 9.82 Å². The summed E-state index contributed by atoms with van der Waals surface area (Å²) in [4.78, 5) is 13.9. The predicted molar refractivity (Wildman–Crippen MR) is 96.0 cm³/mol. The molecule has 0 spiro atoms. The molecule has 2 aromatic carbocycles. The van der Waals surface area contributed by atoms with Crippen LogP contribution in [0.15, 0.2) is 53.4 Å². The minimum atomic E-state index is -0.275. The molecule has 0 aromatic heterocycles. The van der Waals surface area contributed by atoms with Gasteiger partial charge in [0.25, 0.3) is 5.69 Å². The van der Waals surface area contributed by atoms with Gasteiger partial charge in [-0.15, -0.1) is 11.8 Å². The lowest BCUT2D eigenvalue weighted by molar-refractivity contribution is -0.387. The SMILES string of the molecule is CN(C)CCCc1ccc(SCc2ccccc2)c([N+](=O)[O-])c1. The van der Waals surface area contributed by atoms with E-state index in [1.165, 1.54) is 17.3 Å². The zero-order chi connectivity index (χ0) is 16.7. The predicted octanol–water partition coefficient (Wildman–Crippen LogP) is 4.38. The molecule has 0 aliphatic rings. The fraction of sp³-hybridized carbons (Fsp3) is 0.333. The van der Waals surface area contributed by atoms with Gasteiger partial charge in [-0.25, -0.2) is 0 Å². The quantitative estimate of drug-likeness (QED) is 0.409. The maximum Gasteiger partial charge on any atom is 0.283 e. The summed E-state index contributed by atoms with van der Waals surface area (Å²) in [6, 6.07) is 15.6. The number of rotatable bonds is 8. The van der Waals surface area contributed by atoms with Gasteiger partial charge in [0.1, 0.15) is 0 Å². The summed E-state index contributed by atoms with van der Waals surface area (Å²) >= 11 is 1.52. The fourth-order valence-electron chi connectivity index (χ4n) is 2.32. The van der Waals surface area contributed by atoms with Crippen molar-refractivity contribution in [2.45, 2.75) is 23.5 Å². The summed E-state index contributed by atoms with van der Waals surface area (Å²) < 4.78 is 0. The number of thioether (sulfide) groups is 1. The number of hydrogen-bond acceptors (Lipinski definition) is 4. The normalized spacial score (nSPS) is 10.9. The third-order valence-corrected chi connectivity index (χ3v) is 4.66. The van der Waals surface area contributed by atoms with E-state index >= 15 is 0 Å². The van der Waals surface area contributed by atoms with Gasteiger partial charge >= 0.3 is 0 Å². The largest absolute Gasteiger partial charge is 0.309 e. The Kier molecular flexibility index (Phi) is 6.62. The Morgan fingerprint density at radius 2 is 1.83 bits per heavy atom. The van der Waals surface area contributed by atoms with Crippen LogP contribution in [0.2, 0.25) is 0 Å². The first-order chi connectivity index (χ1) is 11.1.